The first-order chi connectivity index (χ1) is 18.9. The Morgan fingerprint density at radius 1 is 1.17 bits per heavy atom. The van der Waals surface area contributed by atoms with Crippen molar-refractivity contribution in [1.82, 2.24) is 24.4 Å². The van der Waals surface area contributed by atoms with Crippen LogP contribution in [0, 0.1) is 57.1 Å². The van der Waals surface area contributed by atoms with Crippen LogP contribution in [0.4, 0.5) is 8.78 Å². The molecule has 2 N–H and O–H groups in total. The van der Waals surface area contributed by atoms with Crippen molar-refractivity contribution in [3.63, 3.8) is 0 Å². The molecule has 1 saturated heterocycles. The Hall–Kier alpha value is -2.07. The van der Waals surface area contributed by atoms with Gasteiger partial charge in [0.15, 0.2) is 11.4 Å². The second-order valence-corrected chi connectivity index (χ2v) is 11.9. The first-order valence-corrected chi connectivity index (χ1v) is 14.1. The van der Waals surface area contributed by atoms with E-state index in [0.29, 0.717) is 11.1 Å². The van der Waals surface area contributed by atoms with Crippen LogP contribution in [0.15, 0.2) is 44.8 Å². The summed E-state index contributed by atoms with van der Waals surface area (Å²) in [7, 11) is -3.97. The molecule has 1 aromatic heterocycles. The van der Waals surface area contributed by atoms with E-state index in [2.05, 4.69) is 16.5 Å². The first-order valence-electron chi connectivity index (χ1n) is 12.0. The molecule has 0 bridgehead atoms. The standard InChI is InChI=1S/C24H20Cl2F2N5O6S.CH3.Ho/c25-17-8-14(33-24(36)30-23(35)19(31-33)21(27)28)9-18(26)20(17)39-15-2-1-3-16(10-15)40(37,38)32-7-6-13(11-32)29-22(34)12-4-5-12;;/h1-2,8-10,12-13,21H,4-7,11H2,(H,29,34)(H,30,35,36);1H3;/q2*-1;/t13-;;/m0../s1. The van der Waals surface area contributed by atoms with Gasteiger partial charge in [0, 0.05) is 68.5 Å². The molecule has 1 amide bonds. The monoisotopic (exact) mass is 794 g/mol. The number of aromatic amines is 1. The van der Waals surface area contributed by atoms with Gasteiger partial charge in [-0.2, -0.15) is 26.2 Å². The normalized spacial score (nSPS) is 16.9. The number of H-pyrrole nitrogens is 1. The molecular weight excluding hydrogens is 772 g/mol. The third-order valence-corrected chi connectivity index (χ3v) is 8.68. The minimum Gasteiger partial charge on any atom is -0.480 e. The molecule has 42 heavy (non-hydrogen) atoms. The van der Waals surface area contributed by atoms with Crippen molar-refractivity contribution in [2.75, 3.05) is 13.1 Å². The summed E-state index contributed by atoms with van der Waals surface area (Å²) in [6.07, 6.45) is -1.06. The molecule has 0 unspecified atom stereocenters. The average Bonchev–Trinajstić information content (AvgIpc) is 3.64. The number of alkyl halides is 2. The predicted octanol–water partition coefficient (Wildman–Crippen LogP) is 3.50. The predicted molar refractivity (Wildman–Crippen MR) is 145 cm³/mol. The van der Waals surface area contributed by atoms with Crippen molar-refractivity contribution in [3.8, 4) is 17.2 Å². The molecule has 17 heteroatoms. The first kappa shape index (κ1) is 34.4. The number of amides is 1. The number of hydrogen-bond donors (Lipinski definition) is 2. The van der Waals surface area contributed by atoms with Crippen molar-refractivity contribution in [3.05, 3.63) is 80.4 Å². The van der Waals surface area contributed by atoms with E-state index >= 15 is 0 Å². The molecule has 1 atom stereocenters. The molecule has 5 rings (SSSR count). The zero-order chi connectivity index (χ0) is 28.8. The third-order valence-electron chi connectivity index (χ3n) is 6.32. The summed E-state index contributed by atoms with van der Waals surface area (Å²) in [6.45, 7) is 0.353. The van der Waals surface area contributed by atoms with Crippen LogP contribution in [0.2, 0.25) is 10.0 Å². The second kappa shape index (κ2) is 13.7. The molecule has 2 fully saturated rings. The molecule has 1 aliphatic carbocycles. The fraction of sp³-hybridized carbons (Fsp3) is 0.320. The Morgan fingerprint density at radius 3 is 2.45 bits per heavy atom. The van der Waals surface area contributed by atoms with Gasteiger partial charge in [-0.1, -0.05) is 23.2 Å². The minimum absolute atomic E-state index is 0. The molecule has 1 radical (unpaired) electrons. The van der Waals surface area contributed by atoms with E-state index in [9.17, 15) is 31.6 Å². The summed E-state index contributed by atoms with van der Waals surface area (Å²) >= 11 is 12.6. The summed E-state index contributed by atoms with van der Waals surface area (Å²) in [5.74, 6) is -0.102. The van der Waals surface area contributed by atoms with Crippen molar-refractivity contribution >= 4 is 39.1 Å². The molecule has 1 saturated carbocycles. The minimum atomic E-state index is -3.97. The maximum Gasteiger partial charge on any atom is 0.349 e. The number of ether oxygens (including phenoxy) is 1. The number of aromatic nitrogens is 3. The van der Waals surface area contributed by atoms with Gasteiger partial charge < -0.3 is 17.5 Å². The number of hydrogen-bond acceptors (Lipinski definition) is 7. The molecule has 2 aliphatic rings. The summed E-state index contributed by atoms with van der Waals surface area (Å²) in [5.41, 5.74) is -3.73. The van der Waals surface area contributed by atoms with Gasteiger partial charge in [0.05, 0.1) is 15.7 Å². The fourth-order valence-electron chi connectivity index (χ4n) is 4.12. The van der Waals surface area contributed by atoms with Gasteiger partial charge >= 0.3 is 5.69 Å². The quantitative estimate of drug-likeness (QED) is 0.263. The maximum atomic E-state index is 13.2. The molecule has 231 valence electrons. The molecule has 3 aromatic rings. The number of rotatable bonds is 8. The van der Waals surface area contributed by atoms with E-state index in [-0.39, 0.29) is 108 Å². The topological polar surface area (TPSA) is 143 Å². The number of sulfonamides is 1. The van der Waals surface area contributed by atoms with E-state index in [1.165, 1.54) is 22.5 Å². The summed E-state index contributed by atoms with van der Waals surface area (Å²) in [5, 5.41) is 5.97. The molecule has 2 heterocycles. The Labute approximate surface area is 279 Å². The van der Waals surface area contributed by atoms with Crippen LogP contribution in [0.25, 0.3) is 5.69 Å². The van der Waals surface area contributed by atoms with Crippen LogP contribution >= 0.6 is 23.2 Å². The SMILES string of the molecule is O=C(N[C@H]1CCN(S(=O)(=O)c2[c-]ccc(Oc3c(Cl)cc(-n4nc(C(F)F)c(=O)[nH]c4=O)cc3Cl)c2)C1)C1CC1.[CH3-].[Ho]. The van der Waals surface area contributed by atoms with Crippen molar-refractivity contribution < 1.29 is 64.5 Å². The number of carbonyl (C=O) groups excluding carboxylic acids is 1. The number of benzene rings is 2. The van der Waals surface area contributed by atoms with Crippen LogP contribution in [-0.4, -0.2) is 52.5 Å². The Balaban J connectivity index is 0.00000242. The van der Waals surface area contributed by atoms with Crippen LogP contribution in [0.1, 0.15) is 31.4 Å². The Kier molecular flexibility index (Phi) is 11.2. The van der Waals surface area contributed by atoms with Gasteiger partial charge in [-0.25, -0.2) is 22.0 Å². The van der Waals surface area contributed by atoms with Gasteiger partial charge in [-0.15, -0.1) is 12.1 Å². The molecule has 2 aromatic carbocycles. The number of halogens is 4. The second-order valence-electron chi connectivity index (χ2n) is 9.22. The van der Waals surface area contributed by atoms with Crippen molar-refractivity contribution in [2.24, 2.45) is 5.92 Å². The van der Waals surface area contributed by atoms with Crippen molar-refractivity contribution in [2.45, 2.75) is 36.6 Å². The Morgan fingerprint density at radius 2 is 1.83 bits per heavy atom. The van der Waals surface area contributed by atoms with E-state index in [1.807, 2.05) is 0 Å². The van der Waals surface area contributed by atoms with Gasteiger partial charge in [-0.3, -0.25) is 14.6 Å². The third kappa shape index (κ3) is 7.34. The summed E-state index contributed by atoms with van der Waals surface area (Å²) in [4.78, 5) is 37.4. The summed E-state index contributed by atoms with van der Waals surface area (Å²) < 4.78 is 60.2. The molecule has 11 nitrogen and oxygen atoms in total. The zero-order valence-corrected chi connectivity index (χ0v) is 25.9. The van der Waals surface area contributed by atoms with E-state index in [0.717, 1.165) is 25.0 Å². The van der Waals surface area contributed by atoms with Gasteiger partial charge in [0.2, 0.25) is 15.9 Å². The Bertz CT molecular complexity index is 1690. The van der Waals surface area contributed by atoms with Crippen LogP contribution < -0.4 is 21.3 Å². The summed E-state index contributed by atoms with van der Waals surface area (Å²) in [6, 6.07) is 8.70. The maximum absolute atomic E-state index is 13.2. The van der Waals surface area contributed by atoms with E-state index in [1.54, 1.807) is 4.98 Å². The number of nitrogens with one attached hydrogen (secondary N) is 2. The average molecular weight is 795 g/mol. The van der Waals surface area contributed by atoms with Crippen LogP contribution in [0.3, 0.4) is 0 Å². The largest absolute Gasteiger partial charge is 0.480 e. The van der Waals surface area contributed by atoms with E-state index < -0.39 is 33.4 Å². The molecular formula is C25H23Cl2F2HoN5O6S-2. The molecule has 1 aliphatic heterocycles. The van der Waals surface area contributed by atoms with Gasteiger partial charge in [0.1, 0.15) is 0 Å². The van der Waals surface area contributed by atoms with Gasteiger partial charge in [-0.05, 0) is 36.3 Å². The fourth-order valence-corrected chi connectivity index (χ4v) is 6.15. The number of nitrogens with zero attached hydrogens (tertiary/aromatic N) is 3. The number of carbonyl (C=O) groups is 1. The smallest absolute Gasteiger partial charge is 0.349 e. The van der Waals surface area contributed by atoms with Crippen LogP contribution in [0.5, 0.6) is 11.5 Å². The molecule has 0 spiro atoms. The zero-order valence-electron chi connectivity index (χ0n) is 21.7. The van der Waals surface area contributed by atoms with Crippen molar-refractivity contribution in [1.29, 1.82) is 0 Å². The van der Waals surface area contributed by atoms with Crippen LogP contribution in [-0.2, 0) is 14.8 Å². The van der Waals surface area contributed by atoms with E-state index in [4.69, 9.17) is 27.9 Å². The van der Waals surface area contributed by atoms with Gasteiger partial charge in [0.25, 0.3) is 12.0 Å².